The number of hydrogen-bond acceptors (Lipinski definition) is 2. The van der Waals surface area contributed by atoms with Crippen LogP contribution in [-0.4, -0.2) is 35.1 Å². The smallest absolute Gasteiger partial charge is 0.321 e. The van der Waals surface area contributed by atoms with Crippen LogP contribution in [-0.2, 0) is 4.79 Å². The van der Waals surface area contributed by atoms with Crippen LogP contribution in [0.15, 0.2) is 30.3 Å². The first-order valence-corrected chi connectivity index (χ1v) is 8.27. The molecule has 3 heteroatoms. The number of carbonyl (C=O) groups is 1. The first kappa shape index (κ1) is 14.6. The van der Waals surface area contributed by atoms with Crippen molar-refractivity contribution in [1.29, 1.82) is 0 Å². The summed E-state index contributed by atoms with van der Waals surface area (Å²) in [7, 11) is 0. The Hall–Kier alpha value is -1.35. The second-order valence-corrected chi connectivity index (χ2v) is 6.57. The molecule has 1 aromatic rings. The predicted molar refractivity (Wildman–Crippen MR) is 83.4 cm³/mol. The molecule has 1 heterocycles. The molecule has 0 bridgehead atoms. The number of benzene rings is 1. The quantitative estimate of drug-likeness (QED) is 0.921. The molecule has 3 rings (SSSR count). The molecular weight excluding hydrogens is 262 g/mol. The molecule has 1 unspecified atom stereocenters. The standard InChI is InChI=1S/C18H25NO2/c20-18(21)17(15-9-5-2-6-10-15)19-12-11-16(13-19)14-7-3-1-4-8-14/h1,3-4,7-8,15-17H,2,5-6,9-13H2,(H,20,21)/t16-,17?/m1/s1. The molecule has 1 N–H and O–H groups in total. The van der Waals surface area contributed by atoms with Gasteiger partial charge < -0.3 is 5.11 Å². The van der Waals surface area contributed by atoms with Crippen molar-refractivity contribution >= 4 is 5.97 Å². The van der Waals surface area contributed by atoms with Crippen LogP contribution in [0.2, 0.25) is 0 Å². The Bertz CT molecular complexity index is 467. The number of nitrogens with zero attached hydrogens (tertiary/aromatic N) is 1. The van der Waals surface area contributed by atoms with Gasteiger partial charge in [-0.25, -0.2) is 0 Å². The van der Waals surface area contributed by atoms with Crippen LogP contribution in [0.1, 0.15) is 50.0 Å². The molecule has 3 nitrogen and oxygen atoms in total. The van der Waals surface area contributed by atoms with Crippen LogP contribution < -0.4 is 0 Å². The van der Waals surface area contributed by atoms with Gasteiger partial charge in [0.15, 0.2) is 0 Å². The van der Waals surface area contributed by atoms with E-state index in [0.29, 0.717) is 11.8 Å². The summed E-state index contributed by atoms with van der Waals surface area (Å²) < 4.78 is 0. The molecule has 1 saturated heterocycles. The van der Waals surface area contributed by atoms with Crippen molar-refractivity contribution in [1.82, 2.24) is 4.90 Å². The van der Waals surface area contributed by atoms with Crippen molar-refractivity contribution in [3.8, 4) is 0 Å². The molecule has 2 aliphatic rings. The van der Waals surface area contributed by atoms with Crippen LogP contribution in [0.25, 0.3) is 0 Å². The number of aliphatic carboxylic acids is 1. The summed E-state index contributed by atoms with van der Waals surface area (Å²) in [6.45, 7) is 1.82. The third-order valence-electron chi connectivity index (χ3n) is 5.23. The fourth-order valence-corrected chi connectivity index (χ4v) is 4.14. The molecule has 1 aliphatic carbocycles. The Balaban J connectivity index is 1.69. The first-order valence-electron chi connectivity index (χ1n) is 8.27. The van der Waals surface area contributed by atoms with Gasteiger partial charge in [-0.05, 0) is 43.2 Å². The highest BCUT2D eigenvalue weighted by molar-refractivity contribution is 5.74. The van der Waals surface area contributed by atoms with Gasteiger partial charge in [0.25, 0.3) is 0 Å². The molecule has 1 saturated carbocycles. The lowest BCUT2D eigenvalue weighted by atomic mass is 9.83. The number of hydrogen-bond donors (Lipinski definition) is 1. The van der Waals surface area contributed by atoms with Gasteiger partial charge in [-0.1, -0.05) is 49.6 Å². The first-order chi connectivity index (χ1) is 10.3. The van der Waals surface area contributed by atoms with Crippen LogP contribution in [0.3, 0.4) is 0 Å². The van der Waals surface area contributed by atoms with E-state index in [0.717, 1.165) is 32.4 Å². The molecule has 0 radical (unpaired) electrons. The largest absolute Gasteiger partial charge is 0.480 e. The summed E-state index contributed by atoms with van der Waals surface area (Å²) in [6.07, 6.45) is 6.93. The van der Waals surface area contributed by atoms with E-state index in [-0.39, 0.29) is 6.04 Å². The SMILES string of the molecule is O=C(O)C(C1CCCCC1)N1CC[C@@H](c2ccccc2)C1. The molecule has 1 aliphatic heterocycles. The zero-order valence-electron chi connectivity index (χ0n) is 12.6. The van der Waals surface area contributed by atoms with Crippen LogP contribution in [0.5, 0.6) is 0 Å². The molecule has 114 valence electrons. The monoisotopic (exact) mass is 287 g/mol. The summed E-state index contributed by atoms with van der Waals surface area (Å²) in [6, 6.07) is 10.3. The van der Waals surface area contributed by atoms with Crippen molar-refractivity contribution in [2.75, 3.05) is 13.1 Å². The molecule has 0 amide bonds. The lowest BCUT2D eigenvalue weighted by molar-refractivity contribution is -0.145. The van der Waals surface area contributed by atoms with E-state index in [4.69, 9.17) is 0 Å². The van der Waals surface area contributed by atoms with Gasteiger partial charge in [-0.3, -0.25) is 9.69 Å². The predicted octanol–water partition coefficient (Wildman–Crippen LogP) is 3.51. The van der Waals surface area contributed by atoms with Gasteiger partial charge in [0.2, 0.25) is 0 Å². The van der Waals surface area contributed by atoms with E-state index in [2.05, 4.69) is 29.2 Å². The second kappa shape index (κ2) is 6.61. The summed E-state index contributed by atoms with van der Waals surface area (Å²) in [5, 5.41) is 9.70. The maximum atomic E-state index is 11.8. The van der Waals surface area contributed by atoms with E-state index >= 15 is 0 Å². The summed E-state index contributed by atoms with van der Waals surface area (Å²) >= 11 is 0. The summed E-state index contributed by atoms with van der Waals surface area (Å²) in [5.41, 5.74) is 1.35. The van der Waals surface area contributed by atoms with Crippen LogP contribution in [0.4, 0.5) is 0 Å². The van der Waals surface area contributed by atoms with E-state index < -0.39 is 5.97 Å². The van der Waals surface area contributed by atoms with Gasteiger partial charge in [0.05, 0.1) is 0 Å². The lowest BCUT2D eigenvalue weighted by Crippen LogP contribution is -2.45. The number of likely N-dealkylation sites (tertiary alicyclic amines) is 1. The fourth-order valence-electron chi connectivity index (χ4n) is 4.14. The van der Waals surface area contributed by atoms with E-state index in [1.807, 2.05) is 6.07 Å². The maximum absolute atomic E-state index is 11.8. The molecule has 0 spiro atoms. The van der Waals surface area contributed by atoms with Crippen molar-refractivity contribution in [2.45, 2.75) is 50.5 Å². The zero-order valence-corrected chi connectivity index (χ0v) is 12.6. The third kappa shape index (κ3) is 3.29. The highest BCUT2D eigenvalue weighted by Crippen LogP contribution is 2.34. The van der Waals surface area contributed by atoms with Crippen LogP contribution >= 0.6 is 0 Å². The van der Waals surface area contributed by atoms with E-state index in [1.54, 1.807) is 0 Å². The Morgan fingerprint density at radius 1 is 1.10 bits per heavy atom. The van der Waals surface area contributed by atoms with Crippen molar-refractivity contribution < 1.29 is 9.90 Å². The van der Waals surface area contributed by atoms with Crippen molar-refractivity contribution in [3.63, 3.8) is 0 Å². The Morgan fingerprint density at radius 2 is 1.81 bits per heavy atom. The van der Waals surface area contributed by atoms with Crippen LogP contribution in [0, 0.1) is 5.92 Å². The van der Waals surface area contributed by atoms with Crippen molar-refractivity contribution in [2.24, 2.45) is 5.92 Å². The zero-order chi connectivity index (χ0) is 14.7. The van der Waals surface area contributed by atoms with Gasteiger partial charge in [-0.15, -0.1) is 0 Å². The Morgan fingerprint density at radius 3 is 2.48 bits per heavy atom. The minimum absolute atomic E-state index is 0.265. The van der Waals surface area contributed by atoms with Gasteiger partial charge >= 0.3 is 5.97 Å². The summed E-state index contributed by atoms with van der Waals surface area (Å²) in [5.74, 6) is 0.234. The molecule has 2 fully saturated rings. The molecule has 21 heavy (non-hydrogen) atoms. The molecule has 0 aromatic heterocycles. The van der Waals surface area contributed by atoms with E-state index in [9.17, 15) is 9.90 Å². The highest BCUT2D eigenvalue weighted by Gasteiger charge is 2.38. The fraction of sp³-hybridized carbons (Fsp3) is 0.611. The van der Waals surface area contributed by atoms with Gasteiger partial charge in [0.1, 0.15) is 6.04 Å². The number of rotatable bonds is 4. The minimum Gasteiger partial charge on any atom is -0.480 e. The minimum atomic E-state index is -0.615. The Kier molecular flexibility index (Phi) is 4.59. The summed E-state index contributed by atoms with van der Waals surface area (Å²) in [4.78, 5) is 14.0. The van der Waals surface area contributed by atoms with Crippen molar-refractivity contribution in [3.05, 3.63) is 35.9 Å². The van der Waals surface area contributed by atoms with Gasteiger partial charge in [-0.2, -0.15) is 0 Å². The molecule has 1 aromatic carbocycles. The maximum Gasteiger partial charge on any atom is 0.321 e. The topological polar surface area (TPSA) is 40.5 Å². The third-order valence-corrected chi connectivity index (χ3v) is 5.23. The second-order valence-electron chi connectivity index (χ2n) is 6.57. The van der Waals surface area contributed by atoms with Gasteiger partial charge in [0, 0.05) is 6.54 Å². The average Bonchev–Trinajstić information content (AvgIpc) is 2.98. The highest BCUT2D eigenvalue weighted by atomic mass is 16.4. The normalized spacial score (nSPS) is 25.8. The molecule has 2 atom stereocenters. The number of carboxylic acid groups (broad SMARTS) is 1. The Labute approximate surface area is 127 Å². The van der Waals surface area contributed by atoms with E-state index in [1.165, 1.54) is 24.8 Å². The molecular formula is C18H25NO2. The lowest BCUT2D eigenvalue weighted by Gasteiger charge is -2.33. The average molecular weight is 287 g/mol. The number of carboxylic acids is 1.